The molecule has 1 amide bonds. The largest absolute Gasteiger partial charge is 0.431 e. The first-order valence-electron chi connectivity index (χ1n) is 5.97. The normalized spacial score (nSPS) is 10.7. The first-order valence-corrected chi connectivity index (χ1v) is 7.14. The molecule has 3 nitrogen and oxygen atoms in total. The van der Waals surface area contributed by atoms with Gasteiger partial charge in [-0.05, 0) is 40.2 Å². The molecule has 0 aliphatic carbocycles. The molecule has 2 aromatic carbocycles. The molecule has 0 aliphatic heterocycles. The van der Waals surface area contributed by atoms with Crippen LogP contribution in [0.3, 0.4) is 0 Å². The van der Waals surface area contributed by atoms with E-state index in [0.29, 0.717) is 6.07 Å². The Labute approximate surface area is 141 Å². The standard InChI is InChI=1S/C14H7BrClF4NO2/c15-10-3-7(16)4-11(12(10)23-14(19)20)21-13(22)6-1-8(17)5-9(18)2-6/h1-5,14H,(H,21,22). The lowest BCUT2D eigenvalue weighted by Crippen LogP contribution is -2.14. The molecular weight excluding hydrogens is 406 g/mol. The molecule has 0 aliphatic rings. The molecular formula is C14H7BrClF4NO2. The summed E-state index contributed by atoms with van der Waals surface area (Å²) in [7, 11) is 0. The van der Waals surface area contributed by atoms with Crippen molar-refractivity contribution in [1.29, 1.82) is 0 Å². The van der Waals surface area contributed by atoms with Gasteiger partial charge in [-0.3, -0.25) is 4.79 Å². The number of nitrogens with one attached hydrogen (secondary N) is 1. The molecule has 122 valence electrons. The lowest BCUT2D eigenvalue weighted by atomic mass is 10.2. The van der Waals surface area contributed by atoms with Crippen LogP contribution in [-0.4, -0.2) is 12.5 Å². The smallest absolute Gasteiger partial charge is 0.387 e. The fourth-order valence-electron chi connectivity index (χ4n) is 1.74. The highest BCUT2D eigenvalue weighted by Crippen LogP contribution is 2.37. The highest BCUT2D eigenvalue weighted by atomic mass is 79.9. The average molecular weight is 413 g/mol. The Balaban J connectivity index is 2.36. The molecule has 0 bridgehead atoms. The number of hydrogen-bond acceptors (Lipinski definition) is 2. The first-order chi connectivity index (χ1) is 10.8. The van der Waals surface area contributed by atoms with Crippen LogP contribution in [-0.2, 0) is 0 Å². The summed E-state index contributed by atoms with van der Waals surface area (Å²) < 4.78 is 55.6. The number of benzene rings is 2. The van der Waals surface area contributed by atoms with Crippen LogP contribution < -0.4 is 10.1 Å². The molecule has 2 rings (SSSR count). The summed E-state index contributed by atoms with van der Waals surface area (Å²) in [5.74, 6) is -3.19. The fourth-order valence-corrected chi connectivity index (χ4v) is 2.65. The lowest BCUT2D eigenvalue weighted by Gasteiger charge is -2.14. The summed E-state index contributed by atoms with van der Waals surface area (Å²) in [5.41, 5.74) is -0.513. The average Bonchev–Trinajstić information content (AvgIpc) is 2.41. The number of anilines is 1. The second kappa shape index (κ2) is 7.18. The Morgan fingerprint density at radius 1 is 1.13 bits per heavy atom. The van der Waals surface area contributed by atoms with Gasteiger partial charge in [0.25, 0.3) is 5.91 Å². The topological polar surface area (TPSA) is 38.3 Å². The maximum Gasteiger partial charge on any atom is 0.387 e. The molecule has 0 saturated carbocycles. The number of amides is 1. The summed E-state index contributed by atoms with van der Waals surface area (Å²) in [5, 5.41) is 2.35. The molecule has 0 unspecified atom stereocenters. The minimum atomic E-state index is -3.14. The number of ether oxygens (including phenoxy) is 1. The molecule has 0 spiro atoms. The first kappa shape index (κ1) is 17.6. The minimum Gasteiger partial charge on any atom is -0.431 e. The molecule has 2 aromatic rings. The van der Waals surface area contributed by atoms with Crippen LogP contribution in [0.25, 0.3) is 0 Å². The highest BCUT2D eigenvalue weighted by Gasteiger charge is 2.18. The quantitative estimate of drug-likeness (QED) is 0.698. The van der Waals surface area contributed by atoms with Crippen molar-refractivity contribution in [3.05, 3.63) is 57.0 Å². The third-order valence-corrected chi connectivity index (χ3v) is 3.40. The fraction of sp³-hybridized carbons (Fsp3) is 0.0714. The second-order valence-electron chi connectivity index (χ2n) is 4.26. The van der Waals surface area contributed by atoms with Gasteiger partial charge in [-0.1, -0.05) is 11.6 Å². The highest BCUT2D eigenvalue weighted by molar-refractivity contribution is 9.10. The number of carbonyl (C=O) groups is 1. The van der Waals surface area contributed by atoms with Gasteiger partial charge in [0.1, 0.15) is 11.6 Å². The van der Waals surface area contributed by atoms with Gasteiger partial charge < -0.3 is 10.1 Å². The van der Waals surface area contributed by atoms with Crippen molar-refractivity contribution in [2.24, 2.45) is 0 Å². The van der Waals surface area contributed by atoms with E-state index in [4.69, 9.17) is 11.6 Å². The van der Waals surface area contributed by atoms with Gasteiger partial charge in [-0.25, -0.2) is 8.78 Å². The van der Waals surface area contributed by atoms with Gasteiger partial charge in [0.15, 0.2) is 5.75 Å². The van der Waals surface area contributed by atoms with Crippen molar-refractivity contribution in [2.45, 2.75) is 6.61 Å². The summed E-state index contributed by atoms with van der Waals surface area (Å²) in [6.45, 7) is -3.14. The molecule has 0 heterocycles. The van der Waals surface area contributed by atoms with Crippen LogP contribution in [0.15, 0.2) is 34.8 Å². The van der Waals surface area contributed by atoms with Crippen molar-refractivity contribution in [3.8, 4) is 5.75 Å². The zero-order valence-electron chi connectivity index (χ0n) is 11.0. The number of carbonyl (C=O) groups excluding carboxylic acids is 1. The maximum absolute atomic E-state index is 13.1. The molecule has 0 aromatic heterocycles. The van der Waals surface area contributed by atoms with Gasteiger partial charge in [0, 0.05) is 16.7 Å². The van der Waals surface area contributed by atoms with Crippen LogP contribution in [0.1, 0.15) is 10.4 Å². The van der Waals surface area contributed by atoms with E-state index in [1.165, 1.54) is 6.07 Å². The van der Waals surface area contributed by atoms with E-state index in [2.05, 4.69) is 26.0 Å². The number of rotatable bonds is 4. The lowest BCUT2D eigenvalue weighted by molar-refractivity contribution is -0.0498. The van der Waals surface area contributed by atoms with Gasteiger partial charge in [0.2, 0.25) is 0 Å². The molecule has 0 radical (unpaired) electrons. The third kappa shape index (κ3) is 4.59. The predicted molar refractivity (Wildman–Crippen MR) is 80.1 cm³/mol. The van der Waals surface area contributed by atoms with Crippen molar-refractivity contribution in [3.63, 3.8) is 0 Å². The van der Waals surface area contributed by atoms with Crippen LogP contribution in [0.5, 0.6) is 5.75 Å². The van der Waals surface area contributed by atoms with Crippen LogP contribution >= 0.6 is 27.5 Å². The molecule has 23 heavy (non-hydrogen) atoms. The van der Waals surface area contributed by atoms with Crippen LogP contribution in [0, 0.1) is 11.6 Å². The van der Waals surface area contributed by atoms with E-state index >= 15 is 0 Å². The van der Waals surface area contributed by atoms with E-state index in [9.17, 15) is 22.4 Å². The van der Waals surface area contributed by atoms with Crippen molar-refractivity contribution in [2.75, 3.05) is 5.32 Å². The Bertz CT molecular complexity index is 738. The zero-order valence-corrected chi connectivity index (χ0v) is 13.4. The third-order valence-electron chi connectivity index (χ3n) is 2.59. The zero-order chi connectivity index (χ0) is 17.1. The predicted octanol–water partition coefficient (Wildman–Crippen LogP) is 5.23. The van der Waals surface area contributed by atoms with E-state index in [0.717, 1.165) is 18.2 Å². The Morgan fingerprint density at radius 2 is 1.74 bits per heavy atom. The number of alkyl halides is 2. The van der Waals surface area contributed by atoms with Crippen LogP contribution in [0.4, 0.5) is 23.2 Å². The van der Waals surface area contributed by atoms with Crippen LogP contribution in [0.2, 0.25) is 5.02 Å². The SMILES string of the molecule is O=C(Nc1cc(Cl)cc(Br)c1OC(F)F)c1cc(F)cc(F)c1. The molecule has 0 saturated heterocycles. The Hall–Kier alpha value is -1.80. The van der Waals surface area contributed by atoms with Gasteiger partial charge >= 0.3 is 6.61 Å². The molecule has 0 fully saturated rings. The molecule has 0 atom stereocenters. The Kier molecular flexibility index (Phi) is 5.48. The van der Waals surface area contributed by atoms with Gasteiger partial charge in [-0.2, -0.15) is 8.78 Å². The van der Waals surface area contributed by atoms with E-state index in [1.807, 2.05) is 0 Å². The maximum atomic E-state index is 13.1. The second-order valence-corrected chi connectivity index (χ2v) is 5.55. The van der Waals surface area contributed by atoms with Gasteiger partial charge in [0.05, 0.1) is 10.2 Å². The van der Waals surface area contributed by atoms with Gasteiger partial charge in [-0.15, -0.1) is 0 Å². The van der Waals surface area contributed by atoms with E-state index in [-0.39, 0.29) is 26.5 Å². The monoisotopic (exact) mass is 411 g/mol. The van der Waals surface area contributed by atoms with Crippen molar-refractivity contribution >= 4 is 39.1 Å². The summed E-state index contributed by atoms with van der Waals surface area (Å²) >= 11 is 8.78. The van der Waals surface area contributed by atoms with E-state index in [1.54, 1.807) is 0 Å². The number of halogens is 6. The molecule has 1 N–H and O–H groups in total. The van der Waals surface area contributed by atoms with E-state index < -0.39 is 24.2 Å². The summed E-state index contributed by atoms with van der Waals surface area (Å²) in [4.78, 5) is 12.0. The Morgan fingerprint density at radius 3 is 2.30 bits per heavy atom. The van der Waals surface area contributed by atoms with Crippen molar-refractivity contribution in [1.82, 2.24) is 0 Å². The summed E-state index contributed by atoms with van der Waals surface area (Å²) in [6.07, 6.45) is 0. The number of hydrogen-bond donors (Lipinski definition) is 1. The minimum absolute atomic E-state index is 0.0750. The van der Waals surface area contributed by atoms with Crippen molar-refractivity contribution < 1.29 is 27.1 Å². The summed E-state index contributed by atoms with van der Waals surface area (Å²) in [6, 6.07) is 4.64. The molecule has 9 heteroatoms.